The van der Waals surface area contributed by atoms with Crippen LogP contribution in [-0.2, 0) is 11.3 Å². The van der Waals surface area contributed by atoms with Crippen LogP contribution >= 0.6 is 24.0 Å². The van der Waals surface area contributed by atoms with Gasteiger partial charge in [-0.05, 0) is 44.1 Å². The Bertz CT molecular complexity index is 637. The molecule has 0 spiro atoms. The number of carbonyl (C=O) groups is 1. The summed E-state index contributed by atoms with van der Waals surface area (Å²) in [7, 11) is 0. The first-order valence-corrected chi connectivity index (χ1v) is 9.84. The maximum atomic E-state index is 10.9. The number of nitrogens with zero attached hydrogens (tertiary/aromatic N) is 3. The molecule has 0 aromatic heterocycles. The maximum absolute atomic E-state index is 10.9. The molecule has 3 N–H and O–H groups in total. The summed E-state index contributed by atoms with van der Waals surface area (Å²) in [5.41, 5.74) is 6.16. The monoisotopic (exact) mass is 503 g/mol. The van der Waals surface area contributed by atoms with Gasteiger partial charge in [-0.1, -0.05) is 26.0 Å². The van der Waals surface area contributed by atoms with Crippen LogP contribution in [0.4, 0.5) is 0 Å². The highest BCUT2D eigenvalue weighted by Gasteiger charge is 2.27. The first kappa shape index (κ1) is 24.5. The van der Waals surface area contributed by atoms with Crippen LogP contribution in [0.2, 0.25) is 0 Å². The predicted molar refractivity (Wildman–Crippen MR) is 124 cm³/mol. The summed E-state index contributed by atoms with van der Waals surface area (Å²) in [6.07, 6.45) is 1.17. The zero-order chi connectivity index (χ0) is 19.6. The molecule has 158 valence electrons. The SMILES string of the molecule is CCNC(=NCc1cccc(OCC(N)=O)c1)N1CCC(N(CC)CC)C1.I. The summed E-state index contributed by atoms with van der Waals surface area (Å²) < 4.78 is 5.37. The van der Waals surface area contributed by atoms with E-state index in [-0.39, 0.29) is 30.6 Å². The minimum absolute atomic E-state index is 0. The van der Waals surface area contributed by atoms with Crippen molar-refractivity contribution in [1.82, 2.24) is 15.1 Å². The molecule has 8 heteroatoms. The van der Waals surface area contributed by atoms with Crippen molar-refractivity contribution in [2.24, 2.45) is 10.7 Å². The van der Waals surface area contributed by atoms with Gasteiger partial charge in [-0.15, -0.1) is 24.0 Å². The number of likely N-dealkylation sites (tertiary alicyclic amines) is 1. The van der Waals surface area contributed by atoms with Crippen molar-refractivity contribution in [3.8, 4) is 5.75 Å². The van der Waals surface area contributed by atoms with Gasteiger partial charge in [-0.2, -0.15) is 0 Å². The molecule has 1 aliphatic rings. The predicted octanol–water partition coefficient (Wildman–Crippen LogP) is 2.05. The molecular weight excluding hydrogens is 469 g/mol. The zero-order valence-electron chi connectivity index (χ0n) is 17.2. The standard InChI is InChI=1S/C20H33N5O2.HI/c1-4-22-20(25-11-10-17(14-25)24(5-2)6-3)23-13-16-8-7-9-18(12-16)27-15-19(21)26;/h7-9,12,17H,4-6,10-11,13-15H2,1-3H3,(H2,21,26)(H,22,23);1H. The van der Waals surface area contributed by atoms with Gasteiger partial charge < -0.3 is 20.7 Å². The van der Waals surface area contributed by atoms with E-state index in [4.69, 9.17) is 15.5 Å². The minimum atomic E-state index is -0.482. The Labute approximate surface area is 185 Å². The zero-order valence-corrected chi connectivity index (χ0v) is 19.5. The lowest BCUT2D eigenvalue weighted by Crippen LogP contribution is -2.43. The summed E-state index contributed by atoms with van der Waals surface area (Å²) in [6, 6.07) is 8.22. The van der Waals surface area contributed by atoms with Crippen molar-refractivity contribution < 1.29 is 9.53 Å². The molecule has 1 fully saturated rings. The van der Waals surface area contributed by atoms with E-state index in [9.17, 15) is 4.79 Å². The van der Waals surface area contributed by atoms with Crippen LogP contribution in [0.3, 0.4) is 0 Å². The number of aliphatic imine (C=N–C) groups is 1. The third-order valence-corrected chi connectivity index (χ3v) is 4.82. The molecule has 7 nitrogen and oxygen atoms in total. The van der Waals surface area contributed by atoms with Gasteiger partial charge in [0, 0.05) is 25.7 Å². The van der Waals surface area contributed by atoms with E-state index >= 15 is 0 Å². The van der Waals surface area contributed by atoms with Gasteiger partial charge >= 0.3 is 0 Å². The fourth-order valence-corrected chi connectivity index (χ4v) is 3.45. The lowest BCUT2D eigenvalue weighted by molar-refractivity contribution is -0.119. The molecule has 1 saturated heterocycles. The number of hydrogen-bond acceptors (Lipinski definition) is 4. The molecule has 1 aromatic rings. The Balaban J connectivity index is 0.00000392. The van der Waals surface area contributed by atoms with E-state index in [1.165, 1.54) is 6.42 Å². The van der Waals surface area contributed by atoms with Crippen LogP contribution < -0.4 is 15.8 Å². The van der Waals surface area contributed by atoms with E-state index in [2.05, 4.69) is 35.9 Å². The average Bonchev–Trinajstić information content (AvgIpc) is 3.14. The van der Waals surface area contributed by atoms with Gasteiger partial charge in [0.2, 0.25) is 0 Å². The fraction of sp³-hybridized carbons (Fsp3) is 0.600. The lowest BCUT2D eigenvalue weighted by atomic mass is 10.2. The van der Waals surface area contributed by atoms with Crippen LogP contribution in [0.15, 0.2) is 29.3 Å². The van der Waals surface area contributed by atoms with Gasteiger partial charge in [-0.3, -0.25) is 9.69 Å². The summed E-state index contributed by atoms with van der Waals surface area (Å²) in [5, 5.41) is 3.41. The quantitative estimate of drug-likeness (QED) is 0.306. The van der Waals surface area contributed by atoms with Crippen molar-refractivity contribution >= 4 is 35.8 Å². The lowest BCUT2D eigenvalue weighted by Gasteiger charge is -2.27. The van der Waals surface area contributed by atoms with Gasteiger partial charge in [0.05, 0.1) is 6.54 Å². The third kappa shape index (κ3) is 7.46. The largest absolute Gasteiger partial charge is 0.484 e. The van der Waals surface area contributed by atoms with Gasteiger partial charge in [0.25, 0.3) is 5.91 Å². The number of rotatable bonds is 9. The molecule has 0 radical (unpaired) electrons. The molecule has 1 unspecified atom stereocenters. The number of likely N-dealkylation sites (N-methyl/N-ethyl adjacent to an activating group) is 1. The normalized spacial score (nSPS) is 16.8. The number of nitrogens with two attached hydrogens (primary N) is 1. The van der Waals surface area contributed by atoms with E-state index in [1.807, 2.05) is 24.3 Å². The van der Waals surface area contributed by atoms with Crippen LogP contribution in [0.5, 0.6) is 5.75 Å². The Morgan fingerprint density at radius 3 is 2.75 bits per heavy atom. The Kier molecular flexibility index (Phi) is 11.2. The van der Waals surface area contributed by atoms with Crippen molar-refractivity contribution in [2.45, 2.75) is 39.8 Å². The van der Waals surface area contributed by atoms with E-state index in [0.717, 1.165) is 44.2 Å². The highest BCUT2D eigenvalue weighted by molar-refractivity contribution is 14.0. The number of ether oxygens (including phenoxy) is 1. The summed E-state index contributed by atoms with van der Waals surface area (Å²) >= 11 is 0. The van der Waals surface area contributed by atoms with E-state index in [0.29, 0.717) is 18.3 Å². The number of benzene rings is 1. The number of carbonyl (C=O) groups excluding carboxylic acids is 1. The summed E-state index contributed by atoms with van der Waals surface area (Å²) in [5.74, 6) is 1.11. The molecule has 1 atom stereocenters. The molecule has 1 aliphatic heterocycles. The number of amides is 1. The minimum Gasteiger partial charge on any atom is -0.484 e. The highest BCUT2D eigenvalue weighted by Crippen LogP contribution is 2.17. The van der Waals surface area contributed by atoms with Crippen molar-refractivity contribution in [1.29, 1.82) is 0 Å². The van der Waals surface area contributed by atoms with Crippen LogP contribution in [0.25, 0.3) is 0 Å². The molecule has 2 rings (SSSR count). The smallest absolute Gasteiger partial charge is 0.255 e. The number of halogens is 1. The van der Waals surface area contributed by atoms with E-state index in [1.54, 1.807) is 0 Å². The van der Waals surface area contributed by atoms with Gasteiger partial charge in [-0.25, -0.2) is 4.99 Å². The molecule has 1 heterocycles. The van der Waals surface area contributed by atoms with Crippen LogP contribution in [0.1, 0.15) is 32.8 Å². The molecule has 0 saturated carbocycles. The topological polar surface area (TPSA) is 83.2 Å². The summed E-state index contributed by atoms with van der Waals surface area (Å²) in [4.78, 5) is 20.5. The van der Waals surface area contributed by atoms with Crippen LogP contribution in [-0.4, -0.2) is 67.0 Å². The fourth-order valence-electron chi connectivity index (χ4n) is 3.45. The van der Waals surface area contributed by atoms with Gasteiger partial charge in [0.1, 0.15) is 5.75 Å². The first-order chi connectivity index (χ1) is 13.1. The Hall–Kier alpha value is -1.55. The number of nitrogens with one attached hydrogen (secondary N) is 1. The Morgan fingerprint density at radius 1 is 1.36 bits per heavy atom. The molecule has 0 bridgehead atoms. The molecule has 0 aliphatic carbocycles. The Morgan fingerprint density at radius 2 is 2.11 bits per heavy atom. The maximum Gasteiger partial charge on any atom is 0.255 e. The molecule has 1 amide bonds. The van der Waals surface area contributed by atoms with Gasteiger partial charge in [0.15, 0.2) is 12.6 Å². The number of guanidine groups is 1. The number of hydrogen-bond donors (Lipinski definition) is 2. The second-order valence-electron chi connectivity index (χ2n) is 6.68. The first-order valence-electron chi connectivity index (χ1n) is 9.84. The molecular formula is C20H34IN5O2. The van der Waals surface area contributed by atoms with Crippen molar-refractivity contribution in [3.05, 3.63) is 29.8 Å². The van der Waals surface area contributed by atoms with Crippen molar-refractivity contribution in [3.63, 3.8) is 0 Å². The highest BCUT2D eigenvalue weighted by atomic mass is 127. The molecule has 28 heavy (non-hydrogen) atoms. The van der Waals surface area contributed by atoms with Crippen LogP contribution in [0, 0.1) is 0 Å². The second-order valence-corrected chi connectivity index (χ2v) is 6.68. The summed E-state index contributed by atoms with van der Waals surface area (Å²) in [6.45, 7) is 12.0. The molecule has 1 aromatic carbocycles. The number of primary amides is 1. The third-order valence-electron chi connectivity index (χ3n) is 4.82. The van der Waals surface area contributed by atoms with E-state index < -0.39 is 5.91 Å². The average molecular weight is 503 g/mol. The van der Waals surface area contributed by atoms with Crippen molar-refractivity contribution in [2.75, 3.05) is 39.3 Å². The second kappa shape index (κ2) is 12.8.